The van der Waals surface area contributed by atoms with E-state index in [2.05, 4.69) is 73.4 Å². The van der Waals surface area contributed by atoms with Gasteiger partial charge in [-0.15, -0.1) is 0 Å². The number of hydrogen-bond acceptors (Lipinski definition) is 16. The van der Waals surface area contributed by atoms with E-state index in [0.29, 0.717) is 24.1 Å². The first-order chi connectivity index (χ1) is 37.6. The molecule has 0 fully saturated rings. The molecule has 79 heavy (non-hydrogen) atoms. The molecule has 33 heteroatoms. The Morgan fingerprint density at radius 3 is 1.34 bits per heavy atom. The quantitative estimate of drug-likeness (QED) is 0.0168. The molecule has 0 aliphatic heterocycles. The van der Waals surface area contributed by atoms with E-state index in [-0.39, 0.29) is 127 Å². The molecule has 2 aromatic rings. The number of H-pyrrole nitrogens is 1. The molecule has 438 valence electrons. The minimum atomic E-state index is -1.44. The van der Waals surface area contributed by atoms with Gasteiger partial charge in [0.05, 0.1) is 24.6 Å². The van der Waals surface area contributed by atoms with Gasteiger partial charge in [0.1, 0.15) is 36.3 Å². The van der Waals surface area contributed by atoms with Crippen molar-refractivity contribution in [3.8, 4) is 0 Å². The number of nitrogens with zero attached hydrogens (tertiary/aromatic N) is 2. The lowest BCUT2D eigenvalue weighted by Crippen LogP contribution is -2.60. The Kier molecular flexibility index (Phi) is 31.0. The van der Waals surface area contributed by atoms with E-state index in [1.54, 1.807) is 24.5 Å². The van der Waals surface area contributed by atoms with E-state index in [0.717, 1.165) is 0 Å². The van der Waals surface area contributed by atoms with Crippen LogP contribution >= 0.6 is 0 Å². The van der Waals surface area contributed by atoms with Gasteiger partial charge in [-0.2, -0.15) is 0 Å². The van der Waals surface area contributed by atoms with Crippen molar-refractivity contribution in [3.05, 3.63) is 48.3 Å². The second-order valence-corrected chi connectivity index (χ2v) is 18.1. The Labute approximate surface area is 456 Å². The monoisotopic (exact) mass is 1110 g/mol. The van der Waals surface area contributed by atoms with Crippen LogP contribution in [-0.4, -0.2) is 173 Å². The standard InChI is InChI=1S/C46H80N24O9/c47-14-2-1-9-29(69-41(77)34(21-27-23-58-25-64-27)65-35(71)24-63-36(72)28(48)20-26-8-3-15-57-22-26)37(73)66-30(10-4-16-59-43(49)50)38(74)67-31(11-5-17-60-44(51)52)39(75)68-32(12-6-18-61-45(53)54)40(76)70-33(42(78)79)13-7-19-62-46(55)56/h3,8,15,22-23,25,28-34H,1-2,4-7,9-14,16-21,24,47-48H2,(H,58,64)(H,63,72)(H,65,71)(H,66,73)(H,67,74)(H,68,75)(H,69,77)(H,70,76)(H,78,79)(H4,49,50,59)(H4,51,52,60)(H4,53,54,61)(H4,55,56,62)/t28-,29-,30-,31-,32-,33-,34-/m0/s1. The van der Waals surface area contributed by atoms with Crippen LogP contribution in [0.5, 0.6) is 0 Å². The van der Waals surface area contributed by atoms with Crippen LogP contribution in [-0.2, 0) is 51.2 Å². The Morgan fingerprint density at radius 1 is 0.544 bits per heavy atom. The van der Waals surface area contributed by atoms with Crippen LogP contribution in [0.15, 0.2) is 37.1 Å². The van der Waals surface area contributed by atoms with Gasteiger partial charge in [0, 0.05) is 51.2 Å². The molecule has 33 nitrogen and oxygen atoms in total. The third-order valence-corrected chi connectivity index (χ3v) is 11.6. The maximum absolute atomic E-state index is 14.4. The summed E-state index contributed by atoms with van der Waals surface area (Å²) >= 11 is 0. The summed E-state index contributed by atoms with van der Waals surface area (Å²) in [5.41, 5.74) is 34.6. The van der Waals surface area contributed by atoms with Crippen LogP contribution in [0, 0.1) is 21.6 Å². The SMILES string of the molecule is N=C(N)NCCC[C@H](NC(=O)[C@H](CCCNC(=N)N)NC(=O)[C@H](CCCNC(=N)N)NC(=O)[C@H](CCCNC(=N)N)NC(=O)[C@H](CCCCN)NC(=O)[C@H](Cc1c[nH]cn1)NC(=O)CNC(=O)[C@@H](N)Cc1cccnc1)C(=O)O. The molecule has 0 saturated carbocycles. The molecule has 0 aliphatic rings. The van der Waals surface area contributed by atoms with Gasteiger partial charge in [0.25, 0.3) is 0 Å². The fraction of sp³-hybridized carbons (Fsp3) is 0.565. The summed E-state index contributed by atoms with van der Waals surface area (Å²) in [7, 11) is 0. The summed E-state index contributed by atoms with van der Waals surface area (Å²) in [5, 5.41) is 68.2. The third-order valence-electron chi connectivity index (χ3n) is 11.6. The Hall–Kier alpha value is -8.88. The predicted octanol–water partition coefficient (Wildman–Crippen LogP) is -6.79. The highest BCUT2D eigenvalue weighted by Gasteiger charge is 2.34. The van der Waals surface area contributed by atoms with Crippen LogP contribution in [0.3, 0.4) is 0 Å². The highest BCUT2D eigenvalue weighted by molar-refractivity contribution is 5.97. The largest absolute Gasteiger partial charge is 0.480 e. The molecular formula is C46H80N24O9. The number of imidazole rings is 1. The molecule has 29 N–H and O–H groups in total. The van der Waals surface area contributed by atoms with Gasteiger partial charge in [-0.3, -0.25) is 60.2 Å². The molecule has 0 saturated heterocycles. The zero-order chi connectivity index (χ0) is 58.7. The van der Waals surface area contributed by atoms with Crippen LogP contribution in [0.4, 0.5) is 0 Å². The fourth-order valence-corrected chi connectivity index (χ4v) is 7.53. The first kappa shape index (κ1) is 66.2. The summed E-state index contributed by atoms with van der Waals surface area (Å²) in [6.45, 7) is 0.0123. The molecule has 0 radical (unpaired) electrons. The number of amides is 7. The molecule has 7 amide bonds. The zero-order valence-corrected chi connectivity index (χ0v) is 44.0. The number of aromatic nitrogens is 3. The molecule has 0 aliphatic carbocycles. The summed E-state index contributed by atoms with van der Waals surface area (Å²) in [6.07, 6.45) is 6.80. The number of carboxylic acid groups (broad SMARTS) is 1. The zero-order valence-electron chi connectivity index (χ0n) is 44.0. The maximum atomic E-state index is 14.4. The van der Waals surface area contributed by atoms with Crippen molar-refractivity contribution in [2.24, 2.45) is 34.4 Å². The fourth-order valence-electron chi connectivity index (χ4n) is 7.53. The summed E-state index contributed by atoms with van der Waals surface area (Å²) in [5.74, 6) is -8.62. The number of nitrogens with one attached hydrogen (secondary N) is 16. The second-order valence-electron chi connectivity index (χ2n) is 18.1. The lowest BCUT2D eigenvalue weighted by molar-refractivity contribution is -0.142. The maximum Gasteiger partial charge on any atom is 0.326 e. The van der Waals surface area contributed by atoms with E-state index in [1.165, 1.54) is 12.5 Å². The summed E-state index contributed by atoms with van der Waals surface area (Å²) in [6, 6.07) is -6.00. The lowest BCUT2D eigenvalue weighted by Gasteiger charge is -2.28. The number of hydrogen-bond donors (Lipinski definition) is 23. The van der Waals surface area contributed by atoms with E-state index < -0.39 is 96.2 Å². The molecule has 2 heterocycles. The van der Waals surface area contributed by atoms with E-state index in [9.17, 15) is 43.5 Å². The van der Waals surface area contributed by atoms with Gasteiger partial charge in [-0.05, 0) is 95.2 Å². The van der Waals surface area contributed by atoms with Crippen molar-refractivity contribution >= 4 is 71.2 Å². The lowest BCUT2D eigenvalue weighted by atomic mass is 10.0. The number of aromatic amines is 1. The average molecular weight is 1110 g/mol. The average Bonchev–Trinajstić information content (AvgIpc) is 3.92. The number of rotatable bonds is 39. The molecule has 0 bridgehead atoms. The van der Waals surface area contributed by atoms with Crippen LogP contribution < -0.4 is 92.9 Å². The number of aliphatic carboxylic acids is 1. The predicted molar refractivity (Wildman–Crippen MR) is 290 cm³/mol. The second kappa shape index (κ2) is 37.0. The van der Waals surface area contributed by atoms with Crippen LogP contribution in [0.25, 0.3) is 0 Å². The highest BCUT2D eigenvalue weighted by atomic mass is 16.4. The molecule has 0 spiro atoms. The van der Waals surface area contributed by atoms with Crippen molar-refractivity contribution < 1.29 is 43.5 Å². The first-order valence-electron chi connectivity index (χ1n) is 25.6. The van der Waals surface area contributed by atoms with Gasteiger partial charge in [-0.1, -0.05) is 6.07 Å². The van der Waals surface area contributed by atoms with Gasteiger partial charge >= 0.3 is 5.97 Å². The highest BCUT2D eigenvalue weighted by Crippen LogP contribution is 2.10. The molecule has 2 aromatic heterocycles. The minimum Gasteiger partial charge on any atom is -0.480 e. The number of pyridine rings is 1. The van der Waals surface area contributed by atoms with E-state index in [4.69, 9.17) is 56.0 Å². The minimum absolute atomic E-state index is 0.000559. The summed E-state index contributed by atoms with van der Waals surface area (Å²) < 4.78 is 0. The number of guanidine groups is 4. The first-order valence-corrected chi connectivity index (χ1v) is 25.6. The number of carbonyl (C=O) groups is 8. The van der Waals surface area contributed by atoms with E-state index >= 15 is 0 Å². The van der Waals surface area contributed by atoms with Gasteiger partial charge < -0.3 is 103 Å². The van der Waals surface area contributed by atoms with Gasteiger partial charge in [-0.25, -0.2) is 9.78 Å². The Morgan fingerprint density at radius 2 is 0.962 bits per heavy atom. The summed E-state index contributed by atoms with van der Waals surface area (Å²) in [4.78, 5) is 120. The molecule has 0 aromatic carbocycles. The molecular weight excluding hydrogens is 1030 g/mol. The van der Waals surface area contributed by atoms with Crippen molar-refractivity contribution in [3.63, 3.8) is 0 Å². The van der Waals surface area contributed by atoms with Gasteiger partial charge in [0.15, 0.2) is 23.8 Å². The van der Waals surface area contributed by atoms with Crippen LogP contribution in [0.2, 0.25) is 0 Å². The van der Waals surface area contributed by atoms with Crippen LogP contribution in [0.1, 0.15) is 81.9 Å². The van der Waals surface area contributed by atoms with Crippen molar-refractivity contribution in [2.75, 3.05) is 39.3 Å². The van der Waals surface area contributed by atoms with Crippen molar-refractivity contribution in [1.82, 2.24) is 73.4 Å². The number of unbranched alkanes of at least 4 members (excludes halogenated alkanes) is 1. The Bertz CT molecular complexity index is 2310. The molecule has 2 rings (SSSR count). The third kappa shape index (κ3) is 28.7. The molecule has 7 atom stereocenters. The normalized spacial score (nSPS) is 13.4. The topological polar surface area (TPSA) is 582 Å². The van der Waals surface area contributed by atoms with Crippen molar-refractivity contribution in [2.45, 2.75) is 126 Å². The number of nitrogens with two attached hydrogens (primary N) is 6. The van der Waals surface area contributed by atoms with E-state index in [1.807, 2.05) is 0 Å². The number of carboxylic acids is 1. The Balaban J connectivity index is 2.44. The van der Waals surface area contributed by atoms with Crippen molar-refractivity contribution in [1.29, 1.82) is 21.6 Å². The molecule has 0 unspecified atom stereocenters. The smallest absolute Gasteiger partial charge is 0.326 e. The number of carbonyl (C=O) groups excluding carboxylic acids is 7. The van der Waals surface area contributed by atoms with Gasteiger partial charge in [0.2, 0.25) is 41.4 Å².